The first-order valence-electron chi connectivity index (χ1n) is 9.06. The maximum atomic E-state index is 13.0. The summed E-state index contributed by atoms with van der Waals surface area (Å²) in [6, 6.07) is 11.6. The lowest BCUT2D eigenvalue weighted by atomic mass is 9.98. The van der Waals surface area contributed by atoms with Gasteiger partial charge < -0.3 is 25.8 Å². The van der Waals surface area contributed by atoms with Crippen molar-refractivity contribution in [2.75, 3.05) is 18.4 Å². The highest BCUT2D eigenvalue weighted by Crippen LogP contribution is 2.38. The van der Waals surface area contributed by atoms with E-state index in [1.807, 2.05) is 0 Å². The number of carboxylic acid groups (broad SMARTS) is 1. The van der Waals surface area contributed by atoms with Gasteiger partial charge >= 0.3 is 18.1 Å². The van der Waals surface area contributed by atoms with E-state index in [0.29, 0.717) is 16.2 Å². The van der Waals surface area contributed by atoms with Gasteiger partial charge in [0.1, 0.15) is 11.9 Å². The molecule has 8 nitrogen and oxygen atoms in total. The molecule has 0 saturated carbocycles. The first-order chi connectivity index (χ1) is 14.6. The predicted molar refractivity (Wildman–Crippen MR) is 102 cm³/mol. The van der Waals surface area contributed by atoms with Crippen molar-refractivity contribution >= 4 is 23.5 Å². The Morgan fingerprint density at radius 1 is 1.13 bits per heavy atom. The fraction of sp³-hybridized carbons (Fsp3) is 0.250. The number of ether oxygens (including phenoxy) is 1. The van der Waals surface area contributed by atoms with Gasteiger partial charge in [-0.25, -0.2) is 4.79 Å². The molecule has 1 aliphatic rings. The first kappa shape index (κ1) is 21.9. The van der Waals surface area contributed by atoms with E-state index >= 15 is 0 Å². The third kappa shape index (κ3) is 5.05. The molecule has 0 aromatic heterocycles. The van der Waals surface area contributed by atoms with E-state index in [0.717, 1.165) is 0 Å². The average Bonchev–Trinajstić information content (AvgIpc) is 2.71. The highest BCUT2D eigenvalue weighted by atomic mass is 19.4. The second-order valence-electron chi connectivity index (χ2n) is 6.87. The molecule has 1 heterocycles. The van der Waals surface area contributed by atoms with Gasteiger partial charge in [-0.05, 0) is 23.8 Å². The van der Waals surface area contributed by atoms with Crippen molar-refractivity contribution in [3.8, 4) is 5.75 Å². The lowest BCUT2D eigenvalue weighted by Gasteiger charge is -2.38. The van der Waals surface area contributed by atoms with E-state index in [1.54, 1.807) is 30.3 Å². The number of fused-ring (bicyclic) bond motifs is 1. The molecule has 1 aliphatic heterocycles. The summed E-state index contributed by atoms with van der Waals surface area (Å²) in [7, 11) is 0. The molecule has 4 N–H and O–H groups in total. The molecule has 0 radical (unpaired) electrons. The van der Waals surface area contributed by atoms with E-state index < -0.39 is 49.2 Å². The van der Waals surface area contributed by atoms with Gasteiger partial charge in [-0.1, -0.05) is 30.3 Å². The number of anilines is 1. The number of carboxylic acids is 1. The molecule has 2 unspecified atom stereocenters. The maximum absolute atomic E-state index is 13.0. The van der Waals surface area contributed by atoms with Crippen molar-refractivity contribution in [3.05, 3.63) is 59.7 Å². The molecule has 0 saturated heterocycles. The summed E-state index contributed by atoms with van der Waals surface area (Å²) in [4.78, 5) is 34.7. The smallest absolute Gasteiger partial charge is 0.471 e. The number of carbonyl (C=O) groups excluding carboxylic acids is 2. The Morgan fingerprint density at radius 2 is 1.81 bits per heavy atom. The van der Waals surface area contributed by atoms with Crippen LogP contribution in [0.2, 0.25) is 0 Å². The minimum absolute atomic E-state index is 0.0629. The second kappa shape index (κ2) is 8.54. The summed E-state index contributed by atoms with van der Waals surface area (Å²) in [5.74, 6) is -4.24. The normalized spacial score (nSPS) is 17.6. The number of benzene rings is 2. The molecule has 0 aliphatic carbocycles. The molecule has 2 atom stereocenters. The Balaban J connectivity index is 1.98. The quantitative estimate of drug-likeness (QED) is 0.637. The van der Waals surface area contributed by atoms with Crippen molar-refractivity contribution in [1.82, 2.24) is 4.90 Å². The molecule has 11 heteroatoms. The van der Waals surface area contributed by atoms with Gasteiger partial charge in [0.15, 0.2) is 0 Å². The summed E-state index contributed by atoms with van der Waals surface area (Å²) in [6.45, 7) is -1.52. The van der Waals surface area contributed by atoms with Crippen molar-refractivity contribution in [3.63, 3.8) is 0 Å². The van der Waals surface area contributed by atoms with Crippen LogP contribution in [-0.4, -0.2) is 53.1 Å². The number of alkyl halides is 3. The fourth-order valence-corrected chi connectivity index (χ4v) is 3.28. The Bertz CT molecular complexity index is 997. The Morgan fingerprint density at radius 3 is 2.39 bits per heavy atom. The van der Waals surface area contributed by atoms with E-state index in [1.165, 1.54) is 18.2 Å². The SMILES string of the molecule is NC(=O)CN(CC1Nc2cc(C(=O)O)ccc2OC1c1ccccc1)C(=O)C(F)(F)F. The number of rotatable bonds is 6. The summed E-state index contributed by atoms with van der Waals surface area (Å²) >= 11 is 0. The molecule has 0 spiro atoms. The number of nitrogens with two attached hydrogens (primary N) is 1. The molecule has 164 valence electrons. The zero-order chi connectivity index (χ0) is 22.8. The molecular weight excluding hydrogens is 419 g/mol. The van der Waals surface area contributed by atoms with Crippen LogP contribution in [0.3, 0.4) is 0 Å². The van der Waals surface area contributed by atoms with Gasteiger partial charge in [0.05, 0.1) is 23.8 Å². The van der Waals surface area contributed by atoms with Crippen LogP contribution in [0.15, 0.2) is 48.5 Å². The fourth-order valence-electron chi connectivity index (χ4n) is 3.28. The number of nitrogens with one attached hydrogen (secondary N) is 1. The van der Waals surface area contributed by atoms with E-state index in [-0.39, 0.29) is 11.3 Å². The van der Waals surface area contributed by atoms with Crippen molar-refractivity contribution in [1.29, 1.82) is 0 Å². The number of primary amides is 1. The van der Waals surface area contributed by atoms with Crippen LogP contribution in [0.4, 0.5) is 18.9 Å². The molecule has 2 amide bonds. The molecule has 2 aromatic carbocycles. The van der Waals surface area contributed by atoms with Crippen LogP contribution in [0.5, 0.6) is 5.75 Å². The number of hydrogen-bond acceptors (Lipinski definition) is 5. The van der Waals surface area contributed by atoms with Gasteiger partial charge in [-0.15, -0.1) is 0 Å². The van der Waals surface area contributed by atoms with Crippen LogP contribution < -0.4 is 15.8 Å². The number of aromatic carboxylic acids is 1. The van der Waals surface area contributed by atoms with Crippen LogP contribution in [0.1, 0.15) is 22.0 Å². The number of carbonyl (C=O) groups is 3. The Hall–Kier alpha value is -3.76. The summed E-state index contributed by atoms with van der Waals surface area (Å²) in [5.41, 5.74) is 5.81. The first-order valence-corrected chi connectivity index (χ1v) is 9.06. The highest BCUT2D eigenvalue weighted by molar-refractivity contribution is 5.90. The lowest BCUT2D eigenvalue weighted by Crippen LogP contribution is -2.52. The molecule has 2 aromatic rings. The van der Waals surface area contributed by atoms with Gasteiger partial charge in [-0.2, -0.15) is 13.2 Å². The third-order valence-corrected chi connectivity index (χ3v) is 4.61. The maximum Gasteiger partial charge on any atom is 0.471 e. The molecule has 0 bridgehead atoms. The van der Waals surface area contributed by atoms with E-state index in [2.05, 4.69) is 5.32 Å². The lowest BCUT2D eigenvalue weighted by molar-refractivity contribution is -0.186. The van der Waals surface area contributed by atoms with Crippen LogP contribution in [0.25, 0.3) is 0 Å². The van der Waals surface area contributed by atoms with E-state index in [4.69, 9.17) is 10.5 Å². The largest absolute Gasteiger partial charge is 0.481 e. The standard InChI is InChI=1S/C20H18F3N3O5/c21-20(22,23)19(30)26(10-16(24)27)9-14-17(11-4-2-1-3-5-11)31-15-7-6-12(18(28)29)8-13(15)25-14/h1-8,14,17,25H,9-10H2,(H2,24,27)(H,28,29). The molecule has 0 fully saturated rings. The highest BCUT2D eigenvalue weighted by Gasteiger charge is 2.44. The molecule has 3 rings (SSSR count). The number of amides is 2. The van der Waals surface area contributed by atoms with Gasteiger partial charge in [0, 0.05) is 6.54 Å². The second-order valence-corrected chi connectivity index (χ2v) is 6.87. The van der Waals surface area contributed by atoms with Crippen LogP contribution >= 0.6 is 0 Å². The van der Waals surface area contributed by atoms with Crippen molar-refractivity contribution in [2.24, 2.45) is 5.73 Å². The Kier molecular flexibility index (Phi) is 6.04. The predicted octanol–water partition coefficient (Wildman–Crippen LogP) is 2.18. The van der Waals surface area contributed by atoms with Gasteiger partial charge in [-0.3, -0.25) is 9.59 Å². The monoisotopic (exact) mass is 437 g/mol. The average molecular weight is 437 g/mol. The minimum Gasteiger partial charge on any atom is -0.481 e. The van der Waals surface area contributed by atoms with Gasteiger partial charge in [0.2, 0.25) is 5.91 Å². The van der Waals surface area contributed by atoms with Gasteiger partial charge in [0.25, 0.3) is 0 Å². The summed E-state index contributed by atoms with van der Waals surface area (Å²) in [5, 5.41) is 12.1. The van der Waals surface area contributed by atoms with Crippen molar-refractivity contribution < 1.29 is 37.4 Å². The minimum atomic E-state index is -5.21. The number of halogens is 3. The third-order valence-electron chi connectivity index (χ3n) is 4.61. The number of hydrogen-bond donors (Lipinski definition) is 3. The van der Waals surface area contributed by atoms with Crippen LogP contribution in [0, 0.1) is 0 Å². The van der Waals surface area contributed by atoms with Crippen LogP contribution in [-0.2, 0) is 9.59 Å². The molecule has 31 heavy (non-hydrogen) atoms. The summed E-state index contributed by atoms with van der Waals surface area (Å²) < 4.78 is 45.1. The summed E-state index contributed by atoms with van der Waals surface area (Å²) in [6.07, 6.45) is -6.04. The zero-order valence-corrected chi connectivity index (χ0v) is 15.9. The Labute approximate surface area is 174 Å². The number of nitrogens with zero attached hydrogens (tertiary/aromatic N) is 1. The van der Waals surface area contributed by atoms with Crippen molar-refractivity contribution in [2.45, 2.75) is 18.3 Å². The molecular formula is C20H18F3N3O5. The zero-order valence-electron chi connectivity index (χ0n) is 15.9. The topological polar surface area (TPSA) is 122 Å². The van der Waals surface area contributed by atoms with E-state index in [9.17, 15) is 32.7 Å².